The monoisotopic (exact) mass is 460 g/mol. The number of aromatic nitrogens is 2. The third-order valence-corrected chi connectivity index (χ3v) is 5.78. The van der Waals surface area contributed by atoms with Crippen LogP contribution in [0.2, 0.25) is 0 Å². The molecule has 4 rings (SSSR count). The van der Waals surface area contributed by atoms with Crippen LogP contribution in [0.1, 0.15) is 31.9 Å². The molecule has 1 unspecified atom stereocenters. The number of amides is 2. The van der Waals surface area contributed by atoms with Crippen molar-refractivity contribution in [2.45, 2.75) is 45.3 Å². The van der Waals surface area contributed by atoms with E-state index in [2.05, 4.69) is 21.7 Å². The quantitative estimate of drug-likeness (QED) is 0.381. The summed E-state index contributed by atoms with van der Waals surface area (Å²) < 4.78 is 7.45. The molecule has 7 nitrogen and oxygen atoms in total. The minimum atomic E-state index is -0.761. The number of carbonyl (C=O) groups is 2. The smallest absolute Gasteiger partial charge is 0.408 e. The number of nitrogens with zero attached hydrogens (tertiary/aromatic N) is 1. The van der Waals surface area contributed by atoms with Gasteiger partial charge in [0.25, 0.3) is 0 Å². The Balaban J connectivity index is 1.48. The van der Waals surface area contributed by atoms with Gasteiger partial charge >= 0.3 is 6.09 Å². The van der Waals surface area contributed by atoms with E-state index in [0.29, 0.717) is 19.4 Å². The largest absolute Gasteiger partial charge is 0.444 e. The standard InChI is InChI=1S/C27H32N4O3/c1-27(2,3)34-26(33)30-23(15-19-17-31(4)24-12-8-6-10-21(19)24)25(32)28-14-13-18-16-29-22-11-7-5-9-20(18)22/h5-12,16-17,23,29H,13-15H2,1-4H3,(H,28,32)(H,30,33). The van der Waals surface area contributed by atoms with Crippen LogP contribution >= 0.6 is 0 Å². The highest BCUT2D eigenvalue weighted by Crippen LogP contribution is 2.22. The lowest BCUT2D eigenvalue weighted by Crippen LogP contribution is -2.49. The number of alkyl carbamates (subject to hydrolysis) is 1. The van der Waals surface area contributed by atoms with Crippen LogP contribution in [0.15, 0.2) is 60.9 Å². The third-order valence-electron chi connectivity index (χ3n) is 5.78. The average Bonchev–Trinajstić information content (AvgIpc) is 3.33. The molecule has 2 aromatic carbocycles. The van der Waals surface area contributed by atoms with Gasteiger partial charge in [-0.25, -0.2) is 4.79 Å². The minimum Gasteiger partial charge on any atom is -0.444 e. The first-order chi connectivity index (χ1) is 16.2. The Labute approximate surface area is 199 Å². The molecule has 2 amide bonds. The van der Waals surface area contributed by atoms with Crippen LogP contribution in [0.25, 0.3) is 21.8 Å². The maximum Gasteiger partial charge on any atom is 0.408 e. The van der Waals surface area contributed by atoms with Crippen LogP contribution in [0.5, 0.6) is 0 Å². The number of H-pyrrole nitrogens is 1. The Bertz CT molecular complexity index is 1310. The average molecular weight is 461 g/mol. The fraction of sp³-hybridized carbons (Fsp3) is 0.333. The molecule has 178 valence electrons. The summed E-state index contributed by atoms with van der Waals surface area (Å²) in [5.74, 6) is -0.237. The zero-order chi connectivity index (χ0) is 24.3. The lowest BCUT2D eigenvalue weighted by molar-refractivity contribution is -0.123. The normalized spacial score (nSPS) is 12.6. The number of fused-ring (bicyclic) bond motifs is 2. The number of para-hydroxylation sites is 2. The van der Waals surface area contributed by atoms with Gasteiger partial charge in [-0.3, -0.25) is 4.79 Å². The molecule has 0 aliphatic rings. The third kappa shape index (κ3) is 5.42. The van der Waals surface area contributed by atoms with E-state index >= 15 is 0 Å². The lowest BCUT2D eigenvalue weighted by atomic mass is 10.0. The lowest BCUT2D eigenvalue weighted by Gasteiger charge is -2.23. The summed E-state index contributed by atoms with van der Waals surface area (Å²) in [5, 5.41) is 7.99. The summed E-state index contributed by atoms with van der Waals surface area (Å²) >= 11 is 0. The van der Waals surface area contributed by atoms with Gasteiger partial charge in [0.1, 0.15) is 11.6 Å². The first-order valence-corrected chi connectivity index (χ1v) is 11.6. The molecule has 3 N–H and O–H groups in total. The molecule has 0 fully saturated rings. The van der Waals surface area contributed by atoms with Gasteiger partial charge in [-0.05, 0) is 50.5 Å². The Morgan fingerprint density at radius 2 is 1.74 bits per heavy atom. The maximum atomic E-state index is 13.2. The van der Waals surface area contributed by atoms with Crippen LogP contribution in [-0.4, -0.2) is 39.7 Å². The van der Waals surface area contributed by atoms with E-state index in [1.807, 2.05) is 66.5 Å². The molecule has 0 bridgehead atoms. The molecule has 0 aliphatic carbocycles. The highest BCUT2D eigenvalue weighted by Gasteiger charge is 2.25. The van der Waals surface area contributed by atoms with Crippen LogP contribution in [0.3, 0.4) is 0 Å². The number of nitrogens with one attached hydrogen (secondary N) is 3. The second-order valence-electron chi connectivity index (χ2n) is 9.59. The maximum absolute atomic E-state index is 13.2. The molecule has 0 aliphatic heterocycles. The van der Waals surface area contributed by atoms with Crippen LogP contribution < -0.4 is 10.6 Å². The number of rotatable bonds is 7. The Morgan fingerprint density at radius 1 is 1.03 bits per heavy atom. The molecule has 4 aromatic rings. The number of ether oxygens (including phenoxy) is 1. The molecule has 0 saturated heterocycles. The zero-order valence-electron chi connectivity index (χ0n) is 20.1. The Kier molecular flexibility index (Phi) is 6.63. The molecule has 0 radical (unpaired) electrons. The molecule has 7 heteroatoms. The summed E-state index contributed by atoms with van der Waals surface area (Å²) in [6.07, 6.45) is 4.42. The van der Waals surface area contributed by atoms with Gasteiger partial charge in [0, 0.05) is 54.2 Å². The molecular weight excluding hydrogens is 428 g/mol. The van der Waals surface area contributed by atoms with Crippen molar-refractivity contribution in [3.05, 3.63) is 72.1 Å². The van der Waals surface area contributed by atoms with E-state index in [4.69, 9.17) is 4.74 Å². The SMILES string of the molecule is Cn1cc(CC(NC(=O)OC(C)(C)C)C(=O)NCCc2c[nH]c3ccccc23)c2ccccc21. The number of aryl methyl sites for hydroxylation is 1. The van der Waals surface area contributed by atoms with Crippen LogP contribution in [0, 0.1) is 0 Å². The van der Waals surface area contributed by atoms with Gasteiger partial charge in [0.15, 0.2) is 0 Å². The predicted molar refractivity (Wildman–Crippen MR) is 135 cm³/mol. The van der Waals surface area contributed by atoms with Gasteiger partial charge in [-0.1, -0.05) is 36.4 Å². The second kappa shape index (κ2) is 9.63. The molecule has 1 atom stereocenters. The highest BCUT2D eigenvalue weighted by atomic mass is 16.6. The summed E-state index contributed by atoms with van der Waals surface area (Å²) in [6, 6.07) is 15.4. The van der Waals surface area contributed by atoms with Gasteiger partial charge in [0.05, 0.1) is 0 Å². The van der Waals surface area contributed by atoms with Crippen molar-refractivity contribution in [1.82, 2.24) is 20.2 Å². The summed E-state index contributed by atoms with van der Waals surface area (Å²) in [4.78, 5) is 29.0. The van der Waals surface area contributed by atoms with Crippen molar-refractivity contribution in [3.8, 4) is 0 Å². The van der Waals surface area contributed by atoms with Gasteiger partial charge in [-0.2, -0.15) is 0 Å². The van der Waals surface area contributed by atoms with Crippen molar-refractivity contribution in [3.63, 3.8) is 0 Å². The Hall–Kier alpha value is -3.74. The van der Waals surface area contributed by atoms with E-state index in [-0.39, 0.29) is 5.91 Å². The second-order valence-corrected chi connectivity index (χ2v) is 9.59. The van der Waals surface area contributed by atoms with E-state index in [0.717, 1.165) is 32.9 Å². The van der Waals surface area contributed by atoms with Crippen LogP contribution in [0.4, 0.5) is 4.79 Å². The number of aromatic amines is 1. The van der Waals surface area contributed by atoms with E-state index in [1.165, 1.54) is 0 Å². The fourth-order valence-electron chi connectivity index (χ4n) is 4.25. The molecule has 2 aromatic heterocycles. The first-order valence-electron chi connectivity index (χ1n) is 11.6. The molecule has 0 spiro atoms. The summed E-state index contributed by atoms with van der Waals surface area (Å²) in [6.45, 7) is 5.86. The van der Waals surface area contributed by atoms with Crippen molar-refractivity contribution in [2.75, 3.05) is 6.54 Å². The molecule has 34 heavy (non-hydrogen) atoms. The van der Waals surface area contributed by atoms with Gasteiger partial charge < -0.3 is 24.9 Å². The molecule has 0 saturated carbocycles. The number of benzene rings is 2. The van der Waals surface area contributed by atoms with Crippen molar-refractivity contribution < 1.29 is 14.3 Å². The summed E-state index contributed by atoms with van der Waals surface area (Å²) in [7, 11) is 1.98. The fourth-order valence-corrected chi connectivity index (χ4v) is 4.25. The molecule has 2 heterocycles. The number of hydrogen-bond acceptors (Lipinski definition) is 3. The topological polar surface area (TPSA) is 88.2 Å². The highest BCUT2D eigenvalue weighted by molar-refractivity contribution is 5.89. The van der Waals surface area contributed by atoms with Crippen molar-refractivity contribution in [2.24, 2.45) is 7.05 Å². The van der Waals surface area contributed by atoms with Crippen LogP contribution in [-0.2, 0) is 29.4 Å². The number of hydrogen-bond donors (Lipinski definition) is 3. The van der Waals surface area contributed by atoms with Crippen molar-refractivity contribution in [1.29, 1.82) is 0 Å². The van der Waals surface area contributed by atoms with Crippen molar-refractivity contribution >= 4 is 33.8 Å². The predicted octanol–water partition coefficient (Wildman–Crippen LogP) is 4.45. The van der Waals surface area contributed by atoms with Gasteiger partial charge in [0.2, 0.25) is 5.91 Å². The van der Waals surface area contributed by atoms with E-state index in [9.17, 15) is 9.59 Å². The number of carbonyl (C=O) groups excluding carboxylic acids is 2. The summed E-state index contributed by atoms with van der Waals surface area (Å²) in [5.41, 5.74) is 3.63. The minimum absolute atomic E-state index is 0.237. The van der Waals surface area contributed by atoms with Gasteiger partial charge in [-0.15, -0.1) is 0 Å². The first kappa shape index (κ1) is 23.4. The van der Waals surface area contributed by atoms with E-state index < -0.39 is 17.7 Å². The zero-order valence-corrected chi connectivity index (χ0v) is 20.1. The van der Waals surface area contributed by atoms with E-state index in [1.54, 1.807) is 20.8 Å². The Morgan fingerprint density at radius 3 is 2.50 bits per heavy atom. The molecular formula is C27H32N4O3.